The quantitative estimate of drug-likeness (QED) is 0.563. The molecule has 1 atom stereocenters. The lowest BCUT2D eigenvalue weighted by molar-refractivity contribution is -0.146. The second-order valence-electron chi connectivity index (χ2n) is 2.34. The van der Waals surface area contributed by atoms with Crippen LogP contribution in [0.2, 0.25) is 0 Å². The van der Waals surface area contributed by atoms with Crippen molar-refractivity contribution >= 4 is 5.97 Å². The van der Waals surface area contributed by atoms with Crippen molar-refractivity contribution < 1.29 is 14.6 Å². The number of ether oxygens (including phenoxy) is 1. The van der Waals surface area contributed by atoms with Gasteiger partial charge < -0.3 is 9.84 Å². The molecular weight excluding hydrogens is 120 g/mol. The minimum absolute atomic E-state index is 0.252. The third-order valence-electron chi connectivity index (χ3n) is 1.40. The predicted molar refractivity (Wildman–Crippen MR) is 30.8 cm³/mol. The van der Waals surface area contributed by atoms with Crippen molar-refractivity contribution in [2.75, 3.05) is 6.61 Å². The number of hydrogen-bond acceptors (Lipinski definition) is 2. The highest BCUT2D eigenvalue weighted by molar-refractivity contribution is 5.77. The molecule has 1 unspecified atom stereocenters. The molecule has 1 aliphatic heterocycles. The van der Waals surface area contributed by atoms with Crippen molar-refractivity contribution in [3.05, 3.63) is 12.3 Å². The van der Waals surface area contributed by atoms with E-state index >= 15 is 0 Å². The summed E-state index contributed by atoms with van der Waals surface area (Å²) in [5, 5.41) is 8.54. The third kappa shape index (κ3) is 0.896. The average Bonchev–Trinajstić information content (AvgIpc) is 2.16. The maximum atomic E-state index is 10.4. The molecule has 0 bridgehead atoms. The number of hydrogen-bond donors (Lipinski definition) is 1. The van der Waals surface area contributed by atoms with E-state index in [2.05, 4.69) is 0 Å². The predicted octanol–water partition coefficient (Wildman–Crippen LogP) is 0.621. The molecular formula is C6H8O3. The van der Waals surface area contributed by atoms with Crippen LogP contribution < -0.4 is 0 Å². The van der Waals surface area contributed by atoms with Gasteiger partial charge >= 0.3 is 5.97 Å². The van der Waals surface area contributed by atoms with Crippen molar-refractivity contribution in [2.45, 2.75) is 6.92 Å². The van der Waals surface area contributed by atoms with Crippen LogP contribution in [0.3, 0.4) is 0 Å². The van der Waals surface area contributed by atoms with E-state index in [0.717, 1.165) is 0 Å². The zero-order valence-corrected chi connectivity index (χ0v) is 5.13. The van der Waals surface area contributed by atoms with E-state index in [9.17, 15) is 4.79 Å². The molecule has 0 saturated heterocycles. The molecule has 50 valence electrons. The molecule has 0 fully saturated rings. The van der Waals surface area contributed by atoms with Crippen molar-refractivity contribution in [3.63, 3.8) is 0 Å². The Labute approximate surface area is 52.9 Å². The molecule has 0 aromatic heterocycles. The van der Waals surface area contributed by atoms with Crippen LogP contribution in [-0.4, -0.2) is 17.7 Å². The fraction of sp³-hybridized carbons (Fsp3) is 0.500. The maximum Gasteiger partial charge on any atom is 0.316 e. The van der Waals surface area contributed by atoms with Crippen molar-refractivity contribution in [1.29, 1.82) is 0 Å². The highest BCUT2D eigenvalue weighted by atomic mass is 16.5. The normalized spacial score (nSPS) is 32.1. The lowest BCUT2D eigenvalue weighted by Crippen LogP contribution is -2.26. The second-order valence-corrected chi connectivity index (χ2v) is 2.34. The summed E-state index contributed by atoms with van der Waals surface area (Å²) in [4.78, 5) is 10.4. The van der Waals surface area contributed by atoms with Gasteiger partial charge in [0.25, 0.3) is 0 Å². The second kappa shape index (κ2) is 1.76. The highest BCUT2D eigenvalue weighted by Gasteiger charge is 2.33. The smallest absolute Gasteiger partial charge is 0.316 e. The van der Waals surface area contributed by atoms with Crippen LogP contribution in [0.4, 0.5) is 0 Å². The van der Waals surface area contributed by atoms with Crippen LogP contribution in [-0.2, 0) is 9.53 Å². The standard InChI is InChI=1S/C6H8O3/c1-6(5(7)8)2-3-9-4-6/h2-3H,4H2,1H3,(H,7,8). The van der Waals surface area contributed by atoms with Gasteiger partial charge in [-0.3, -0.25) is 4.79 Å². The lowest BCUT2D eigenvalue weighted by atomic mass is 9.94. The minimum Gasteiger partial charge on any atom is -0.500 e. The first-order valence-corrected chi connectivity index (χ1v) is 2.68. The van der Waals surface area contributed by atoms with E-state index in [0.29, 0.717) is 0 Å². The molecule has 0 aliphatic carbocycles. The molecule has 0 radical (unpaired) electrons. The molecule has 3 nitrogen and oxygen atoms in total. The molecule has 9 heavy (non-hydrogen) atoms. The van der Waals surface area contributed by atoms with Gasteiger partial charge in [0.05, 0.1) is 6.26 Å². The Morgan fingerprint density at radius 3 is 2.78 bits per heavy atom. The Bertz CT molecular complexity index is 162. The van der Waals surface area contributed by atoms with Crippen molar-refractivity contribution in [1.82, 2.24) is 0 Å². The largest absolute Gasteiger partial charge is 0.500 e. The van der Waals surface area contributed by atoms with E-state index < -0.39 is 11.4 Å². The summed E-state index contributed by atoms with van der Waals surface area (Å²) in [6, 6.07) is 0. The van der Waals surface area contributed by atoms with Gasteiger partial charge in [-0.2, -0.15) is 0 Å². The van der Waals surface area contributed by atoms with Gasteiger partial charge in [0.15, 0.2) is 0 Å². The van der Waals surface area contributed by atoms with Crippen LogP contribution in [0.1, 0.15) is 6.92 Å². The average molecular weight is 128 g/mol. The van der Waals surface area contributed by atoms with Gasteiger partial charge in [-0.15, -0.1) is 0 Å². The first-order valence-electron chi connectivity index (χ1n) is 2.68. The first-order chi connectivity index (χ1) is 4.15. The van der Waals surface area contributed by atoms with E-state index in [1.54, 1.807) is 13.0 Å². The summed E-state index contributed by atoms with van der Waals surface area (Å²) >= 11 is 0. The zero-order chi connectivity index (χ0) is 6.91. The number of carbonyl (C=O) groups is 1. The fourth-order valence-electron chi connectivity index (χ4n) is 0.601. The Morgan fingerprint density at radius 1 is 1.89 bits per heavy atom. The summed E-state index contributed by atoms with van der Waals surface area (Å²) in [5.41, 5.74) is -0.792. The first kappa shape index (κ1) is 6.13. The molecule has 0 aromatic rings. The minimum atomic E-state index is -0.837. The van der Waals surface area contributed by atoms with Crippen molar-refractivity contribution in [2.24, 2.45) is 5.41 Å². The van der Waals surface area contributed by atoms with Gasteiger partial charge in [-0.05, 0) is 13.0 Å². The van der Waals surface area contributed by atoms with Crippen molar-refractivity contribution in [3.8, 4) is 0 Å². The summed E-state index contributed by atoms with van der Waals surface area (Å²) < 4.78 is 4.76. The SMILES string of the molecule is CC1(C(=O)O)C=COC1. The van der Waals surface area contributed by atoms with E-state index in [-0.39, 0.29) is 6.61 Å². The summed E-state index contributed by atoms with van der Waals surface area (Å²) in [5.74, 6) is -0.837. The maximum absolute atomic E-state index is 10.4. The molecule has 0 spiro atoms. The monoisotopic (exact) mass is 128 g/mol. The summed E-state index contributed by atoms with van der Waals surface area (Å²) in [7, 11) is 0. The van der Waals surface area contributed by atoms with Gasteiger partial charge in [0, 0.05) is 0 Å². The Balaban J connectivity index is 2.74. The Hall–Kier alpha value is -0.990. The van der Waals surface area contributed by atoms with Crippen LogP contribution >= 0.6 is 0 Å². The van der Waals surface area contributed by atoms with Gasteiger partial charge in [0.2, 0.25) is 0 Å². The van der Waals surface area contributed by atoms with Crippen LogP contribution in [0.15, 0.2) is 12.3 Å². The third-order valence-corrected chi connectivity index (χ3v) is 1.40. The van der Waals surface area contributed by atoms with Gasteiger partial charge in [-0.1, -0.05) is 0 Å². The van der Waals surface area contributed by atoms with Gasteiger partial charge in [0.1, 0.15) is 12.0 Å². The van der Waals surface area contributed by atoms with Crippen LogP contribution in [0.25, 0.3) is 0 Å². The molecule has 0 aromatic carbocycles. The molecule has 1 heterocycles. The topological polar surface area (TPSA) is 46.5 Å². The number of carboxylic acid groups (broad SMARTS) is 1. The summed E-state index contributed by atoms with van der Waals surface area (Å²) in [6.07, 6.45) is 2.98. The molecule has 0 amide bonds. The zero-order valence-electron chi connectivity index (χ0n) is 5.13. The number of carboxylic acids is 1. The number of aliphatic carboxylic acids is 1. The van der Waals surface area contributed by atoms with Crippen LogP contribution in [0, 0.1) is 5.41 Å². The van der Waals surface area contributed by atoms with E-state index in [1.807, 2.05) is 0 Å². The number of rotatable bonds is 1. The Kier molecular flexibility index (Phi) is 1.20. The molecule has 1 N–H and O–H groups in total. The fourth-order valence-corrected chi connectivity index (χ4v) is 0.601. The highest BCUT2D eigenvalue weighted by Crippen LogP contribution is 2.23. The molecule has 1 rings (SSSR count). The van der Waals surface area contributed by atoms with Gasteiger partial charge in [-0.25, -0.2) is 0 Å². The summed E-state index contributed by atoms with van der Waals surface area (Å²) in [6.45, 7) is 1.88. The molecule has 1 aliphatic rings. The molecule has 3 heteroatoms. The molecule has 0 saturated carbocycles. The van der Waals surface area contributed by atoms with E-state index in [1.165, 1.54) is 6.26 Å². The van der Waals surface area contributed by atoms with Crippen LogP contribution in [0.5, 0.6) is 0 Å². The Morgan fingerprint density at radius 2 is 2.56 bits per heavy atom. The van der Waals surface area contributed by atoms with E-state index in [4.69, 9.17) is 9.84 Å². The lowest BCUT2D eigenvalue weighted by Gasteiger charge is -2.11.